The Morgan fingerprint density at radius 2 is 2.00 bits per heavy atom. The minimum atomic E-state index is -0.335. The molecule has 26 heavy (non-hydrogen) atoms. The number of ether oxygens (including phenoxy) is 2. The molecule has 0 saturated heterocycles. The average Bonchev–Trinajstić information content (AvgIpc) is 3.16. The van der Waals surface area contributed by atoms with Crippen molar-refractivity contribution in [1.29, 1.82) is 0 Å². The van der Waals surface area contributed by atoms with Gasteiger partial charge in [0.05, 0.1) is 7.11 Å². The highest BCUT2D eigenvalue weighted by Crippen LogP contribution is 2.24. The molecular formula is C19H18N2O4S. The van der Waals surface area contributed by atoms with Gasteiger partial charge < -0.3 is 14.0 Å². The van der Waals surface area contributed by atoms with Crippen LogP contribution in [0.4, 0.5) is 0 Å². The number of carbonyl (C=O) groups is 1. The van der Waals surface area contributed by atoms with Crippen molar-refractivity contribution in [1.82, 2.24) is 10.1 Å². The van der Waals surface area contributed by atoms with Crippen molar-refractivity contribution in [3.05, 3.63) is 60.5 Å². The second kappa shape index (κ2) is 8.53. The first-order chi connectivity index (χ1) is 12.7. The largest absolute Gasteiger partial charge is 0.497 e. The standard InChI is InChI=1S/C19H18N2O4S/c1-13(26-16-9-4-3-5-10-16)19(22)24-12-17-20-18(21-25-17)14-7-6-8-15(11-14)23-2/h3-11,13H,12H2,1-2H3. The minimum Gasteiger partial charge on any atom is -0.497 e. The number of hydrogen-bond donors (Lipinski definition) is 0. The lowest BCUT2D eigenvalue weighted by atomic mass is 10.2. The minimum absolute atomic E-state index is 0.0600. The van der Waals surface area contributed by atoms with Crippen molar-refractivity contribution in [3.63, 3.8) is 0 Å². The van der Waals surface area contributed by atoms with Crippen molar-refractivity contribution >= 4 is 17.7 Å². The molecule has 0 bridgehead atoms. The number of benzene rings is 2. The molecule has 0 N–H and O–H groups in total. The van der Waals surface area contributed by atoms with Gasteiger partial charge >= 0.3 is 5.97 Å². The van der Waals surface area contributed by atoms with Crippen LogP contribution in [0.25, 0.3) is 11.4 Å². The van der Waals surface area contributed by atoms with Gasteiger partial charge in [-0.05, 0) is 31.2 Å². The van der Waals surface area contributed by atoms with Gasteiger partial charge in [-0.25, -0.2) is 0 Å². The molecule has 0 aliphatic heterocycles. The van der Waals surface area contributed by atoms with Crippen molar-refractivity contribution in [2.75, 3.05) is 7.11 Å². The van der Waals surface area contributed by atoms with Crippen LogP contribution in [-0.2, 0) is 16.1 Å². The third-order valence-corrected chi connectivity index (χ3v) is 4.61. The van der Waals surface area contributed by atoms with Crippen LogP contribution in [0.2, 0.25) is 0 Å². The van der Waals surface area contributed by atoms with E-state index in [1.807, 2.05) is 48.5 Å². The fourth-order valence-electron chi connectivity index (χ4n) is 2.19. The van der Waals surface area contributed by atoms with E-state index in [2.05, 4.69) is 10.1 Å². The van der Waals surface area contributed by atoms with Crippen LogP contribution in [0.1, 0.15) is 12.8 Å². The SMILES string of the molecule is COc1cccc(-c2noc(COC(=O)C(C)Sc3ccccc3)n2)c1. The van der Waals surface area contributed by atoms with Crippen LogP contribution in [0, 0.1) is 0 Å². The lowest BCUT2D eigenvalue weighted by Gasteiger charge is -2.09. The van der Waals surface area contributed by atoms with E-state index in [0.29, 0.717) is 11.6 Å². The van der Waals surface area contributed by atoms with Crippen LogP contribution < -0.4 is 4.74 Å². The first kappa shape index (κ1) is 18.0. The number of aromatic nitrogens is 2. The lowest BCUT2D eigenvalue weighted by molar-refractivity contribution is -0.144. The molecule has 1 atom stereocenters. The van der Waals surface area contributed by atoms with Gasteiger partial charge in [0.15, 0.2) is 6.61 Å². The Morgan fingerprint density at radius 1 is 1.19 bits per heavy atom. The van der Waals surface area contributed by atoms with Crippen molar-refractivity contribution < 1.29 is 18.8 Å². The lowest BCUT2D eigenvalue weighted by Crippen LogP contribution is -2.16. The molecule has 3 rings (SSSR count). The maximum absolute atomic E-state index is 12.1. The van der Waals surface area contributed by atoms with Gasteiger partial charge in [0.2, 0.25) is 5.82 Å². The number of carbonyl (C=O) groups excluding carboxylic acids is 1. The monoisotopic (exact) mass is 370 g/mol. The summed E-state index contributed by atoms with van der Waals surface area (Å²) >= 11 is 1.44. The van der Waals surface area contributed by atoms with Crippen molar-refractivity contribution in [2.24, 2.45) is 0 Å². The topological polar surface area (TPSA) is 74.5 Å². The van der Waals surface area contributed by atoms with Gasteiger partial charge in [0.1, 0.15) is 11.0 Å². The summed E-state index contributed by atoms with van der Waals surface area (Å²) in [5.74, 6) is 1.03. The molecule has 1 heterocycles. The third kappa shape index (κ3) is 4.64. The van der Waals surface area contributed by atoms with Crippen molar-refractivity contribution in [2.45, 2.75) is 23.7 Å². The van der Waals surface area contributed by atoms with Gasteiger partial charge in [0.25, 0.3) is 5.89 Å². The average molecular weight is 370 g/mol. The number of hydrogen-bond acceptors (Lipinski definition) is 7. The van der Waals surface area contributed by atoms with E-state index in [0.717, 1.165) is 10.5 Å². The molecule has 2 aromatic carbocycles. The molecule has 1 unspecified atom stereocenters. The summed E-state index contributed by atoms with van der Waals surface area (Å²) in [4.78, 5) is 17.4. The van der Waals surface area contributed by atoms with Crippen LogP contribution in [0.15, 0.2) is 64.0 Å². The molecule has 1 aromatic heterocycles. The maximum atomic E-state index is 12.1. The zero-order valence-corrected chi connectivity index (χ0v) is 15.2. The van der Waals surface area contributed by atoms with E-state index in [9.17, 15) is 4.79 Å². The molecule has 0 aliphatic rings. The highest BCUT2D eigenvalue weighted by Gasteiger charge is 2.18. The molecule has 0 aliphatic carbocycles. The zero-order valence-electron chi connectivity index (χ0n) is 14.4. The Hall–Kier alpha value is -2.80. The molecule has 3 aromatic rings. The smallest absolute Gasteiger partial charge is 0.319 e. The fraction of sp³-hybridized carbons (Fsp3) is 0.211. The number of thioether (sulfide) groups is 1. The molecule has 134 valence electrons. The zero-order chi connectivity index (χ0) is 18.4. The quantitative estimate of drug-likeness (QED) is 0.460. The van der Waals surface area contributed by atoms with Gasteiger partial charge in [0, 0.05) is 10.5 Å². The number of nitrogens with zero attached hydrogens (tertiary/aromatic N) is 2. The highest BCUT2D eigenvalue weighted by molar-refractivity contribution is 8.00. The summed E-state index contributed by atoms with van der Waals surface area (Å²) in [5.41, 5.74) is 0.763. The van der Waals surface area contributed by atoms with E-state index in [-0.39, 0.29) is 23.7 Å². The second-order valence-electron chi connectivity index (χ2n) is 5.42. The Labute approximate surface area is 155 Å². The van der Waals surface area contributed by atoms with Gasteiger partial charge in [-0.3, -0.25) is 4.79 Å². The molecule has 6 nitrogen and oxygen atoms in total. The van der Waals surface area contributed by atoms with Gasteiger partial charge in [-0.1, -0.05) is 35.5 Å². The number of rotatable bonds is 7. The number of methoxy groups -OCH3 is 1. The molecular weight excluding hydrogens is 352 g/mol. The normalized spacial score (nSPS) is 11.8. The molecule has 0 spiro atoms. The summed E-state index contributed by atoms with van der Waals surface area (Å²) in [6.07, 6.45) is 0. The van der Waals surface area contributed by atoms with Crippen LogP contribution in [0.5, 0.6) is 5.75 Å². The Bertz CT molecular complexity index is 867. The summed E-state index contributed by atoms with van der Waals surface area (Å²) in [6, 6.07) is 17.0. The first-order valence-electron chi connectivity index (χ1n) is 8.01. The van der Waals surface area contributed by atoms with Gasteiger partial charge in [-0.15, -0.1) is 11.8 Å². The predicted octanol–water partition coefficient (Wildman–Crippen LogP) is 3.97. The summed E-state index contributed by atoms with van der Waals surface area (Å²) in [6.45, 7) is 1.74. The molecule has 7 heteroatoms. The molecule has 0 radical (unpaired) electrons. The predicted molar refractivity (Wildman–Crippen MR) is 97.8 cm³/mol. The van der Waals surface area contributed by atoms with E-state index in [1.165, 1.54) is 11.8 Å². The molecule has 0 fully saturated rings. The molecule has 0 saturated carbocycles. The van der Waals surface area contributed by atoms with Gasteiger partial charge in [-0.2, -0.15) is 4.98 Å². The summed E-state index contributed by atoms with van der Waals surface area (Å²) in [5, 5.41) is 3.58. The first-order valence-corrected chi connectivity index (χ1v) is 8.89. The van der Waals surface area contributed by atoms with E-state index in [4.69, 9.17) is 14.0 Å². The fourth-order valence-corrected chi connectivity index (χ4v) is 3.08. The van der Waals surface area contributed by atoms with E-state index >= 15 is 0 Å². The van der Waals surface area contributed by atoms with Crippen LogP contribution in [-0.4, -0.2) is 28.5 Å². The van der Waals surface area contributed by atoms with Crippen LogP contribution >= 0.6 is 11.8 Å². The second-order valence-corrected chi connectivity index (χ2v) is 6.84. The van der Waals surface area contributed by atoms with E-state index < -0.39 is 0 Å². The Balaban J connectivity index is 1.56. The molecule has 0 amide bonds. The highest BCUT2D eigenvalue weighted by atomic mass is 32.2. The van der Waals surface area contributed by atoms with Crippen molar-refractivity contribution in [3.8, 4) is 17.1 Å². The Kier molecular flexibility index (Phi) is 5.91. The van der Waals surface area contributed by atoms with E-state index in [1.54, 1.807) is 20.1 Å². The summed E-state index contributed by atoms with van der Waals surface area (Å²) < 4.78 is 15.6. The third-order valence-electron chi connectivity index (χ3n) is 3.52. The summed E-state index contributed by atoms with van der Waals surface area (Å²) in [7, 11) is 1.59. The maximum Gasteiger partial charge on any atom is 0.319 e. The Morgan fingerprint density at radius 3 is 2.77 bits per heavy atom. The number of esters is 1. The van der Waals surface area contributed by atoms with Crippen LogP contribution in [0.3, 0.4) is 0 Å².